The lowest BCUT2D eigenvalue weighted by Crippen LogP contribution is -2.23. The second-order valence-electron chi connectivity index (χ2n) is 4.59. The van der Waals surface area contributed by atoms with E-state index in [0.717, 1.165) is 11.3 Å². The number of aromatic nitrogens is 1. The van der Waals surface area contributed by atoms with E-state index in [-0.39, 0.29) is 5.91 Å². The van der Waals surface area contributed by atoms with Gasteiger partial charge in [0.05, 0.1) is 0 Å². The molecule has 0 unspecified atom stereocenters. The first-order chi connectivity index (χ1) is 9.56. The fraction of sp³-hybridized carbons (Fsp3) is 0.200. The van der Waals surface area contributed by atoms with Crippen LogP contribution in [0.4, 0.5) is 5.69 Å². The summed E-state index contributed by atoms with van der Waals surface area (Å²) in [5, 5.41) is 2.86. The molecule has 20 heavy (non-hydrogen) atoms. The van der Waals surface area contributed by atoms with Gasteiger partial charge in [-0.1, -0.05) is 18.2 Å². The molecule has 0 spiro atoms. The van der Waals surface area contributed by atoms with Gasteiger partial charge < -0.3 is 10.2 Å². The summed E-state index contributed by atoms with van der Waals surface area (Å²) in [7, 11) is 3.99. The second kappa shape index (κ2) is 6.52. The number of benzene rings is 1. The first-order valence-electron chi connectivity index (χ1n) is 6.23. The predicted octanol–water partition coefficient (Wildman–Crippen LogP) is 2.84. The molecule has 1 aromatic heterocycles. The van der Waals surface area contributed by atoms with Crippen LogP contribution in [0.25, 0.3) is 0 Å². The van der Waals surface area contributed by atoms with Gasteiger partial charge in [0.1, 0.15) is 10.3 Å². The number of halogens is 1. The quantitative estimate of drug-likeness (QED) is 0.875. The number of hydrogen-bond donors (Lipinski definition) is 1. The first-order valence-corrected chi connectivity index (χ1v) is 7.02. The maximum absolute atomic E-state index is 11.9. The minimum atomic E-state index is -0.178. The molecule has 0 bridgehead atoms. The number of carbonyl (C=O) groups is 1. The van der Waals surface area contributed by atoms with Gasteiger partial charge in [-0.2, -0.15) is 0 Å². The van der Waals surface area contributed by atoms with Gasteiger partial charge in [-0.15, -0.1) is 0 Å². The molecule has 0 saturated heterocycles. The molecule has 0 aliphatic rings. The van der Waals surface area contributed by atoms with Crippen molar-refractivity contribution in [3.8, 4) is 0 Å². The van der Waals surface area contributed by atoms with Crippen LogP contribution in [0, 0.1) is 0 Å². The zero-order valence-corrected chi connectivity index (χ0v) is 13.0. The van der Waals surface area contributed by atoms with E-state index >= 15 is 0 Å². The number of nitrogens with one attached hydrogen (secondary N) is 1. The van der Waals surface area contributed by atoms with Crippen LogP contribution in [0.1, 0.15) is 16.1 Å². The summed E-state index contributed by atoms with van der Waals surface area (Å²) in [6, 6.07) is 13.3. The van der Waals surface area contributed by atoms with Crippen molar-refractivity contribution in [2.75, 3.05) is 19.0 Å². The maximum atomic E-state index is 11.9. The van der Waals surface area contributed by atoms with Crippen LogP contribution in [-0.4, -0.2) is 25.0 Å². The molecule has 0 saturated carbocycles. The summed E-state index contributed by atoms with van der Waals surface area (Å²) in [6.07, 6.45) is 0. The van der Waals surface area contributed by atoms with Crippen molar-refractivity contribution < 1.29 is 4.79 Å². The van der Waals surface area contributed by atoms with Gasteiger partial charge >= 0.3 is 0 Å². The molecule has 0 aliphatic heterocycles. The molecule has 1 N–H and O–H groups in total. The Morgan fingerprint density at radius 2 is 1.90 bits per heavy atom. The first kappa shape index (κ1) is 14.5. The minimum absolute atomic E-state index is 0.178. The molecular formula is C15H16BrN3O. The summed E-state index contributed by atoms with van der Waals surface area (Å²) in [6.45, 7) is 0.487. The Morgan fingerprint density at radius 3 is 2.50 bits per heavy atom. The summed E-state index contributed by atoms with van der Waals surface area (Å²) < 4.78 is 0.653. The van der Waals surface area contributed by atoms with Crippen LogP contribution < -0.4 is 10.2 Å². The predicted molar refractivity (Wildman–Crippen MR) is 83.9 cm³/mol. The average Bonchev–Trinajstić information content (AvgIpc) is 2.45. The fourth-order valence-electron chi connectivity index (χ4n) is 1.72. The topological polar surface area (TPSA) is 45.2 Å². The van der Waals surface area contributed by atoms with Crippen molar-refractivity contribution in [3.63, 3.8) is 0 Å². The standard InChI is InChI=1S/C15H16BrN3O/c1-19(2)12-8-6-11(7-9-12)10-17-15(20)13-4-3-5-14(16)18-13/h3-9H,10H2,1-2H3,(H,17,20). The average molecular weight is 334 g/mol. The van der Waals surface area contributed by atoms with Gasteiger partial charge in [-0.25, -0.2) is 4.98 Å². The van der Waals surface area contributed by atoms with E-state index in [1.165, 1.54) is 0 Å². The van der Waals surface area contributed by atoms with Crippen LogP contribution in [0.3, 0.4) is 0 Å². The van der Waals surface area contributed by atoms with Crippen LogP contribution in [0.15, 0.2) is 47.1 Å². The molecule has 0 fully saturated rings. The molecule has 2 rings (SSSR count). The Kier molecular flexibility index (Phi) is 4.74. The van der Waals surface area contributed by atoms with E-state index in [2.05, 4.69) is 26.2 Å². The lowest BCUT2D eigenvalue weighted by molar-refractivity contribution is 0.0946. The van der Waals surface area contributed by atoms with E-state index < -0.39 is 0 Å². The number of nitrogens with zero attached hydrogens (tertiary/aromatic N) is 2. The Labute approximate surface area is 127 Å². The second-order valence-corrected chi connectivity index (χ2v) is 5.40. The summed E-state index contributed by atoms with van der Waals surface area (Å²) in [4.78, 5) is 18.1. The van der Waals surface area contributed by atoms with E-state index in [4.69, 9.17) is 0 Å². The zero-order valence-electron chi connectivity index (χ0n) is 11.4. The van der Waals surface area contributed by atoms with Gasteiger partial charge in [-0.3, -0.25) is 4.79 Å². The van der Waals surface area contributed by atoms with Crippen molar-refractivity contribution >= 4 is 27.5 Å². The highest BCUT2D eigenvalue weighted by Crippen LogP contribution is 2.12. The lowest BCUT2D eigenvalue weighted by Gasteiger charge is -2.12. The molecule has 1 amide bonds. The van der Waals surface area contributed by atoms with E-state index in [0.29, 0.717) is 16.8 Å². The van der Waals surface area contributed by atoms with E-state index in [1.807, 2.05) is 43.3 Å². The zero-order chi connectivity index (χ0) is 14.5. The number of rotatable bonds is 4. The van der Waals surface area contributed by atoms with Crippen molar-refractivity contribution in [3.05, 3.63) is 58.3 Å². The third-order valence-corrected chi connectivity index (χ3v) is 3.30. The highest BCUT2D eigenvalue weighted by molar-refractivity contribution is 9.10. The van der Waals surface area contributed by atoms with Gasteiger partial charge in [-0.05, 0) is 45.8 Å². The molecule has 0 atom stereocenters. The van der Waals surface area contributed by atoms with Gasteiger partial charge in [0, 0.05) is 26.3 Å². The molecule has 0 radical (unpaired) electrons. The number of amides is 1. The third-order valence-electron chi connectivity index (χ3n) is 2.85. The largest absolute Gasteiger partial charge is 0.378 e. The summed E-state index contributed by atoms with van der Waals surface area (Å²) >= 11 is 3.25. The van der Waals surface area contributed by atoms with E-state index in [1.54, 1.807) is 18.2 Å². The molecule has 5 heteroatoms. The summed E-state index contributed by atoms with van der Waals surface area (Å²) in [5.41, 5.74) is 2.59. The van der Waals surface area contributed by atoms with Crippen molar-refractivity contribution in [2.45, 2.75) is 6.54 Å². The number of hydrogen-bond acceptors (Lipinski definition) is 3. The van der Waals surface area contributed by atoms with Gasteiger partial charge in [0.25, 0.3) is 5.91 Å². The number of pyridine rings is 1. The molecule has 2 aromatic rings. The SMILES string of the molecule is CN(C)c1ccc(CNC(=O)c2cccc(Br)n2)cc1. The van der Waals surface area contributed by atoms with Gasteiger partial charge in [0.2, 0.25) is 0 Å². The highest BCUT2D eigenvalue weighted by Gasteiger charge is 2.07. The Balaban J connectivity index is 1.96. The Morgan fingerprint density at radius 1 is 1.20 bits per heavy atom. The number of carbonyl (C=O) groups excluding carboxylic acids is 1. The summed E-state index contributed by atoms with van der Waals surface area (Å²) in [5.74, 6) is -0.178. The molecule has 1 aromatic carbocycles. The van der Waals surface area contributed by atoms with Crippen molar-refractivity contribution in [2.24, 2.45) is 0 Å². The normalized spacial score (nSPS) is 10.2. The smallest absolute Gasteiger partial charge is 0.270 e. The van der Waals surface area contributed by atoms with Gasteiger partial charge in [0.15, 0.2) is 0 Å². The van der Waals surface area contributed by atoms with Crippen LogP contribution in [-0.2, 0) is 6.54 Å². The van der Waals surface area contributed by atoms with Crippen LogP contribution in [0.5, 0.6) is 0 Å². The van der Waals surface area contributed by atoms with E-state index in [9.17, 15) is 4.79 Å². The van der Waals surface area contributed by atoms with Crippen LogP contribution in [0.2, 0.25) is 0 Å². The lowest BCUT2D eigenvalue weighted by atomic mass is 10.2. The van der Waals surface area contributed by atoms with Crippen LogP contribution >= 0.6 is 15.9 Å². The molecule has 1 heterocycles. The molecular weight excluding hydrogens is 318 g/mol. The third kappa shape index (κ3) is 3.81. The highest BCUT2D eigenvalue weighted by atomic mass is 79.9. The Hall–Kier alpha value is -1.88. The monoisotopic (exact) mass is 333 g/mol. The Bertz CT molecular complexity index is 596. The molecule has 0 aliphatic carbocycles. The molecule has 4 nitrogen and oxygen atoms in total. The minimum Gasteiger partial charge on any atom is -0.378 e. The molecule has 104 valence electrons. The van der Waals surface area contributed by atoms with Crippen molar-refractivity contribution in [1.82, 2.24) is 10.3 Å². The van der Waals surface area contributed by atoms with Crippen molar-refractivity contribution in [1.29, 1.82) is 0 Å². The fourth-order valence-corrected chi connectivity index (χ4v) is 2.06. The number of anilines is 1. The maximum Gasteiger partial charge on any atom is 0.270 e.